The highest BCUT2D eigenvalue weighted by molar-refractivity contribution is 6.31. The van der Waals surface area contributed by atoms with E-state index in [1.54, 1.807) is 0 Å². The fourth-order valence-electron chi connectivity index (χ4n) is 2.27. The van der Waals surface area contributed by atoms with Crippen LogP contribution in [0.25, 0.3) is 0 Å². The van der Waals surface area contributed by atoms with Crippen LogP contribution in [0.2, 0.25) is 5.02 Å². The van der Waals surface area contributed by atoms with Crippen LogP contribution in [0.3, 0.4) is 0 Å². The minimum atomic E-state index is 0.0779. The molecule has 0 aliphatic carbocycles. The Labute approximate surface area is 125 Å². The Bertz CT molecular complexity index is 556. The second-order valence-corrected chi connectivity index (χ2v) is 4.92. The molecule has 0 radical (unpaired) electrons. The van der Waals surface area contributed by atoms with Gasteiger partial charge in [-0.25, -0.2) is 0 Å². The average molecular weight is 290 g/mol. The lowest BCUT2D eigenvalue weighted by Crippen LogP contribution is -2.22. The van der Waals surface area contributed by atoms with Gasteiger partial charge in [-0.15, -0.1) is 0 Å². The maximum atomic E-state index is 6.33. The van der Waals surface area contributed by atoms with Gasteiger partial charge in [-0.3, -0.25) is 0 Å². The summed E-state index contributed by atoms with van der Waals surface area (Å²) in [7, 11) is 0. The molecule has 20 heavy (non-hydrogen) atoms. The maximum absolute atomic E-state index is 6.33. The summed E-state index contributed by atoms with van der Waals surface area (Å²) in [5, 5.41) is 4.26. The summed E-state index contributed by atoms with van der Waals surface area (Å²) >= 11 is 6.33. The predicted octanol–water partition coefficient (Wildman–Crippen LogP) is 4.44. The Hall–Kier alpha value is -1.51. The van der Waals surface area contributed by atoms with Crippen molar-refractivity contribution < 1.29 is 4.74 Å². The van der Waals surface area contributed by atoms with Gasteiger partial charge >= 0.3 is 0 Å². The predicted molar refractivity (Wildman–Crippen MR) is 84.6 cm³/mol. The molecule has 3 heteroatoms. The normalized spacial score (nSPS) is 12.2. The van der Waals surface area contributed by atoms with Crippen LogP contribution in [0.15, 0.2) is 48.5 Å². The first-order chi connectivity index (χ1) is 9.76. The monoisotopic (exact) mass is 289 g/mol. The van der Waals surface area contributed by atoms with Gasteiger partial charge in [0.2, 0.25) is 0 Å². The zero-order chi connectivity index (χ0) is 14.4. The molecule has 0 bridgehead atoms. The van der Waals surface area contributed by atoms with Gasteiger partial charge in [0, 0.05) is 5.02 Å². The van der Waals surface area contributed by atoms with Crippen molar-refractivity contribution in [3.63, 3.8) is 0 Å². The molecular formula is C17H20ClNO. The van der Waals surface area contributed by atoms with Crippen molar-refractivity contribution in [3.05, 3.63) is 64.7 Å². The Balaban J connectivity index is 2.38. The summed E-state index contributed by atoms with van der Waals surface area (Å²) in [5.41, 5.74) is 2.25. The molecule has 0 fully saturated rings. The van der Waals surface area contributed by atoms with Gasteiger partial charge in [0.15, 0.2) is 0 Å². The van der Waals surface area contributed by atoms with Crippen molar-refractivity contribution in [2.24, 2.45) is 0 Å². The van der Waals surface area contributed by atoms with Crippen LogP contribution in [0.1, 0.15) is 31.0 Å². The Morgan fingerprint density at radius 3 is 2.60 bits per heavy atom. The van der Waals surface area contributed by atoms with Gasteiger partial charge in [-0.05, 0) is 42.8 Å². The smallest absolute Gasteiger partial charge is 0.119 e. The van der Waals surface area contributed by atoms with E-state index in [1.165, 1.54) is 0 Å². The Kier molecular flexibility index (Phi) is 5.45. The first-order valence-electron chi connectivity index (χ1n) is 6.96. The van der Waals surface area contributed by atoms with E-state index in [0.29, 0.717) is 6.61 Å². The average Bonchev–Trinajstić information content (AvgIpc) is 2.46. The van der Waals surface area contributed by atoms with Crippen LogP contribution in [-0.2, 0) is 0 Å². The molecule has 2 rings (SSSR count). The highest BCUT2D eigenvalue weighted by Gasteiger charge is 2.16. The van der Waals surface area contributed by atoms with E-state index in [0.717, 1.165) is 28.4 Å². The number of rotatable bonds is 6. The fourth-order valence-corrected chi connectivity index (χ4v) is 2.52. The van der Waals surface area contributed by atoms with Gasteiger partial charge in [-0.1, -0.05) is 48.9 Å². The van der Waals surface area contributed by atoms with Crippen LogP contribution in [-0.4, -0.2) is 13.2 Å². The summed E-state index contributed by atoms with van der Waals surface area (Å²) in [5.74, 6) is 0.889. The number of ether oxygens (including phenoxy) is 1. The number of hydrogen-bond acceptors (Lipinski definition) is 2. The standard InChI is InChI=1S/C17H20ClNO/c1-3-19-17(15-10-5-6-11-16(15)18)13-8-7-9-14(12-13)20-4-2/h5-12,17,19H,3-4H2,1-2H3. The first kappa shape index (κ1) is 14.9. The fraction of sp³-hybridized carbons (Fsp3) is 0.294. The third-order valence-electron chi connectivity index (χ3n) is 3.13. The van der Waals surface area contributed by atoms with Crippen LogP contribution < -0.4 is 10.1 Å². The van der Waals surface area contributed by atoms with Crippen molar-refractivity contribution >= 4 is 11.6 Å². The van der Waals surface area contributed by atoms with E-state index in [1.807, 2.05) is 37.3 Å². The molecule has 2 aromatic carbocycles. The van der Waals surface area contributed by atoms with E-state index < -0.39 is 0 Å². The lowest BCUT2D eigenvalue weighted by molar-refractivity contribution is 0.339. The van der Waals surface area contributed by atoms with E-state index in [9.17, 15) is 0 Å². The lowest BCUT2D eigenvalue weighted by atomic mass is 9.98. The van der Waals surface area contributed by atoms with Crippen molar-refractivity contribution in [1.29, 1.82) is 0 Å². The minimum Gasteiger partial charge on any atom is -0.494 e. The molecule has 1 unspecified atom stereocenters. The molecule has 0 saturated carbocycles. The van der Waals surface area contributed by atoms with Crippen molar-refractivity contribution in [3.8, 4) is 5.75 Å². The van der Waals surface area contributed by atoms with E-state index in [4.69, 9.17) is 16.3 Å². The number of nitrogens with one attached hydrogen (secondary N) is 1. The van der Waals surface area contributed by atoms with Crippen LogP contribution in [0.5, 0.6) is 5.75 Å². The van der Waals surface area contributed by atoms with Gasteiger partial charge in [-0.2, -0.15) is 0 Å². The lowest BCUT2D eigenvalue weighted by Gasteiger charge is -2.20. The van der Waals surface area contributed by atoms with Crippen LogP contribution >= 0.6 is 11.6 Å². The molecule has 0 aliphatic rings. The quantitative estimate of drug-likeness (QED) is 0.849. The van der Waals surface area contributed by atoms with Crippen molar-refractivity contribution in [2.45, 2.75) is 19.9 Å². The SMILES string of the molecule is CCNC(c1cccc(OCC)c1)c1ccccc1Cl. The van der Waals surface area contributed by atoms with Crippen molar-refractivity contribution in [1.82, 2.24) is 5.32 Å². The number of hydrogen-bond donors (Lipinski definition) is 1. The van der Waals surface area contributed by atoms with Crippen LogP contribution in [0.4, 0.5) is 0 Å². The highest BCUT2D eigenvalue weighted by Crippen LogP contribution is 2.29. The molecule has 1 atom stereocenters. The molecule has 2 aromatic rings. The summed E-state index contributed by atoms with van der Waals surface area (Å²) in [6, 6.07) is 16.2. The first-order valence-corrected chi connectivity index (χ1v) is 7.34. The summed E-state index contributed by atoms with van der Waals surface area (Å²) in [6.07, 6.45) is 0. The van der Waals surface area contributed by atoms with Crippen molar-refractivity contribution in [2.75, 3.05) is 13.2 Å². The minimum absolute atomic E-state index is 0.0779. The molecular weight excluding hydrogens is 270 g/mol. The molecule has 106 valence electrons. The van der Waals surface area contributed by atoms with Gasteiger partial charge in [0.25, 0.3) is 0 Å². The zero-order valence-electron chi connectivity index (χ0n) is 11.9. The summed E-state index contributed by atoms with van der Waals surface area (Å²) in [4.78, 5) is 0. The van der Waals surface area contributed by atoms with E-state index in [-0.39, 0.29) is 6.04 Å². The molecule has 0 aromatic heterocycles. The van der Waals surface area contributed by atoms with Gasteiger partial charge in [0.05, 0.1) is 12.6 Å². The molecule has 0 aliphatic heterocycles. The molecule has 0 saturated heterocycles. The van der Waals surface area contributed by atoms with Crippen LogP contribution in [0, 0.1) is 0 Å². The number of benzene rings is 2. The zero-order valence-corrected chi connectivity index (χ0v) is 12.7. The molecule has 0 spiro atoms. The second-order valence-electron chi connectivity index (χ2n) is 4.52. The molecule has 2 nitrogen and oxygen atoms in total. The van der Waals surface area contributed by atoms with E-state index in [2.05, 4.69) is 30.4 Å². The highest BCUT2D eigenvalue weighted by atomic mass is 35.5. The van der Waals surface area contributed by atoms with Gasteiger partial charge in [0.1, 0.15) is 5.75 Å². The summed E-state index contributed by atoms with van der Waals surface area (Å²) in [6.45, 7) is 5.62. The number of halogens is 1. The Morgan fingerprint density at radius 2 is 1.90 bits per heavy atom. The summed E-state index contributed by atoms with van der Waals surface area (Å²) < 4.78 is 5.58. The third-order valence-corrected chi connectivity index (χ3v) is 3.47. The topological polar surface area (TPSA) is 21.3 Å². The Morgan fingerprint density at radius 1 is 1.10 bits per heavy atom. The van der Waals surface area contributed by atoms with Gasteiger partial charge < -0.3 is 10.1 Å². The molecule has 0 heterocycles. The maximum Gasteiger partial charge on any atom is 0.119 e. The second kappa shape index (κ2) is 7.32. The largest absolute Gasteiger partial charge is 0.494 e. The molecule has 0 amide bonds. The van der Waals surface area contributed by atoms with E-state index >= 15 is 0 Å². The third kappa shape index (κ3) is 3.53. The molecule has 1 N–H and O–H groups in total.